The quantitative estimate of drug-likeness (QED) is 0.726. The van der Waals surface area contributed by atoms with Gasteiger partial charge in [0.15, 0.2) is 0 Å². The van der Waals surface area contributed by atoms with Gasteiger partial charge in [-0.25, -0.2) is 0 Å². The second-order valence-electron chi connectivity index (χ2n) is 4.75. The van der Waals surface area contributed by atoms with E-state index in [2.05, 4.69) is 15.0 Å². The highest BCUT2D eigenvalue weighted by Gasteiger charge is 2.17. The molecule has 0 aliphatic carbocycles. The van der Waals surface area contributed by atoms with Crippen LogP contribution in [0.15, 0.2) is 0 Å². The van der Waals surface area contributed by atoms with Crippen molar-refractivity contribution in [1.82, 2.24) is 19.9 Å². The highest BCUT2D eigenvalue weighted by molar-refractivity contribution is 6.28. The first-order chi connectivity index (χ1) is 9.97. The maximum atomic E-state index is 11.9. The minimum absolute atomic E-state index is 0.0315. The fourth-order valence-electron chi connectivity index (χ4n) is 1.55. The number of amides is 1. The van der Waals surface area contributed by atoms with E-state index in [9.17, 15) is 4.79 Å². The number of nitrogens with zero attached hydrogens (tertiary/aromatic N) is 5. The van der Waals surface area contributed by atoms with Crippen molar-refractivity contribution < 1.29 is 9.53 Å². The maximum absolute atomic E-state index is 11.9. The van der Waals surface area contributed by atoms with Gasteiger partial charge >= 0.3 is 6.01 Å². The normalized spacial score (nSPS) is 10.3. The summed E-state index contributed by atoms with van der Waals surface area (Å²) >= 11 is 5.91. The van der Waals surface area contributed by atoms with E-state index in [1.807, 2.05) is 13.8 Å². The third kappa shape index (κ3) is 5.71. The van der Waals surface area contributed by atoms with Gasteiger partial charge in [0, 0.05) is 20.6 Å². The van der Waals surface area contributed by atoms with Crippen LogP contribution in [0, 0.1) is 0 Å². The first kappa shape index (κ1) is 17.4. The smallest absolute Gasteiger partial charge is 0.322 e. The average Bonchev–Trinajstić information content (AvgIpc) is 2.43. The number of hydrogen-bond acceptors (Lipinski definition) is 6. The molecule has 0 bridgehead atoms. The summed E-state index contributed by atoms with van der Waals surface area (Å²) in [7, 11) is 3.42. The predicted octanol–water partition coefficient (Wildman–Crippen LogP) is 1.62. The minimum Gasteiger partial charge on any atom is -0.463 e. The van der Waals surface area contributed by atoms with Crippen molar-refractivity contribution in [3.63, 3.8) is 0 Å². The van der Waals surface area contributed by atoms with Gasteiger partial charge in [0.2, 0.25) is 17.1 Å². The molecule has 0 fully saturated rings. The standard InChI is InChI=1S/C13H22ClN5O2/c1-5-7-19(9-10(20)18(3)4)12-15-11(14)16-13(17-12)21-8-6-2/h5-9H2,1-4H3. The summed E-state index contributed by atoms with van der Waals surface area (Å²) in [4.78, 5) is 27.4. The first-order valence-corrected chi connectivity index (χ1v) is 7.35. The molecule has 0 aromatic carbocycles. The van der Waals surface area contributed by atoms with Gasteiger partial charge in [-0.2, -0.15) is 15.0 Å². The molecule has 0 radical (unpaired) electrons. The summed E-state index contributed by atoms with van der Waals surface area (Å²) in [6.45, 7) is 5.35. The lowest BCUT2D eigenvalue weighted by molar-refractivity contribution is -0.127. The van der Waals surface area contributed by atoms with Crippen LogP contribution >= 0.6 is 11.6 Å². The third-order valence-electron chi connectivity index (χ3n) is 2.61. The van der Waals surface area contributed by atoms with Crippen LogP contribution in [0.4, 0.5) is 5.95 Å². The van der Waals surface area contributed by atoms with E-state index in [-0.39, 0.29) is 23.7 Å². The van der Waals surface area contributed by atoms with E-state index in [4.69, 9.17) is 16.3 Å². The zero-order chi connectivity index (χ0) is 15.8. The van der Waals surface area contributed by atoms with Crippen LogP contribution in [0.5, 0.6) is 6.01 Å². The number of halogens is 1. The minimum atomic E-state index is -0.0315. The molecule has 0 spiro atoms. The Morgan fingerprint density at radius 2 is 1.90 bits per heavy atom. The summed E-state index contributed by atoms with van der Waals surface area (Å²) in [6.07, 6.45) is 1.70. The average molecular weight is 316 g/mol. The fourth-order valence-corrected chi connectivity index (χ4v) is 1.69. The molecule has 0 saturated carbocycles. The van der Waals surface area contributed by atoms with Crippen LogP contribution < -0.4 is 9.64 Å². The Balaban J connectivity index is 2.95. The van der Waals surface area contributed by atoms with Gasteiger partial charge in [-0.1, -0.05) is 13.8 Å². The molecule has 1 amide bonds. The summed E-state index contributed by atoms with van der Waals surface area (Å²) in [5.74, 6) is 0.328. The second-order valence-corrected chi connectivity index (χ2v) is 5.08. The van der Waals surface area contributed by atoms with Crippen molar-refractivity contribution in [1.29, 1.82) is 0 Å². The summed E-state index contributed by atoms with van der Waals surface area (Å²) in [5, 5.41) is 0.0597. The first-order valence-electron chi connectivity index (χ1n) is 6.97. The van der Waals surface area contributed by atoms with Gasteiger partial charge in [0.05, 0.1) is 13.2 Å². The van der Waals surface area contributed by atoms with Crippen LogP contribution in [0.1, 0.15) is 26.7 Å². The van der Waals surface area contributed by atoms with E-state index in [0.717, 1.165) is 12.8 Å². The van der Waals surface area contributed by atoms with Crippen molar-refractivity contribution in [2.75, 3.05) is 38.7 Å². The van der Waals surface area contributed by atoms with E-state index in [1.54, 1.807) is 19.0 Å². The Hall–Kier alpha value is -1.63. The number of ether oxygens (including phenoxy) is 1. The highest BCUT2D eigenvalue weighted by atomic mass is 35.5. The molecular weight excluding hydrogens is 294 g/mol. The number of likely N-dealkylation sites (N-methyl/N-ethyl adjacent to an activating group) is 1. The zero-order valence-corrected chi connectivity index (χ0v) is 13.7. The molecule has 0 unspecified atom stereocenters. The molecule has 8 heteroatoms. The molecule has 0 atom stereocenters. The van der Waals surface area contributed by atoms with Gasteiger partial charge < -0.3 is 14.5 Å². The molecule has 0 saturated heterocycles. The van der Waals surface area contributed by atoms with Crippen molar-refractivity contribution in [2.45, 2.75) is 26.7 Å². The number of hydrogen-bond donors (Lipinski definition) is 0. The maximum Gasteiger partial charge on any atom is 0.322 e. The van der Waals surface area contributed by atoms with Gasteiger partial charge in [-0.05, 0) is 24.4 Å². The molecule has 0 aliphatic heterocycles. The van der Waals surface area contributed by atoms with Crippen LogP contribution in [0.25, 0.3) is 0 Å². The van der Waals surface area contributed by atoms with Gasteiger partial charge in [-0.3, -0.25) is 4.79 Å². The summed E-state index contributed by atoms with van der Waals surface area (Å²) in [6, 6.07) is 0.185. The van der Waals surface area contributed by atoms with Gasteiger partial charge in [0.25, 0.3) is 0 Å². The lowest BCUT2D eigenvalue weighted by atomic mass is 10.4. The van der Waals surface area contributed by atoms with Crippen molar-refractivity contribution in [3.8, 4) is 6.01 Å². The number of rotatable bonds is 8. The number of anilines is 1. The largest absolute Gasteiger partial charge is 0.463 e. The molecule has 118 valence electrons. The molecule has 1 rings (SSSR count). The molecule has 7 nitrogen and oxygen atoms in total. The number of aromatic nitrogens is 3. The molecule has 0 N–H and O–H groups in total. The third-order valence-corrected chi connectivity index (χ3v) is 2.78. The van der Waals surface area contributed by atoms with E-state index >= 15 is 0 Å². The zero-order valence-electron chi connectivity index (χ0n) is 13.0. The van der Waals surface area contributed by atoms with Crippen LogP contribution in [0.2, 0.25) is 5.28 Å². The topological polar surface area (TPSA) is 71.5 Å². The summed E-state index contributed by atoms with van der Waals surface area (Å²) < 4.78 is 5.39. The lowest BCUT2D eigenvalue weighted by Gasteiger charge is -2.23. The summed E-state index contributed by atoms with van der Waals surface area (Å²) in [5.41, 5.74) is 0. The van der Waals surface area contributed by atoms with Crippen LogP contribution in [-0.4, -0.2) is 59.6 Å². The molecule has 21 heavy (non-hydrogen) atoms. The van der Waals surface area contributed by atoms with E-state index in [1.165, 1.54) is 4.90 Å². The highest BCUT2D eigenvalue weighted by Crippen LogP contribution is 2.16. The SMILES string of the molecule is CCCOc1nc(Cl)nc(N(CCC)CC(=O)N(C)C)n1. The van der Waals surface area contributed by atoms with Gasteiger partial charge in [0.1, 0.15) is 0 Å². The van der Waals surface area contributed by atoms with E-state index < -0.39 is 0 Å². The van der Waals surface area contributed by atoms with Crippen molar-refractivity contribution >= 4 is 23.5 Å². The Labute approximate surface area is 130 Å². The lowest BCUT2D eigenvalue weighted by Crippen LogP contribution is -2.38. The predicted molar refractivity (Wildman–Crippen MR) is 81.8 cm³/mol. The van der Waals surface area contributed by atoms with Crippen LogP contribution in [-0.2, 0) is 4.79 Å². The number of carbonyl (C=O) groups excluding carboxylic acids is 1. The van der Waals surface area contributed by atoms with E-state index in [0.29, 0.717) is 19.1 Å². The Kier molecular flexibility index (Phi) is 7.14. The number of carbonyl (C=O) groups is 1. The molecular formula is C13H22ClN5O2. The van der Waals surface area contributed by atoms with Crippen molar-refractivity contribution in [3.05, 3.63) is 5.28 Å². The fraction of sp³-hybridized carbons (Fsp3) is 0.692. The monoisotopic (exact) mass is 315 g/mol. The van der Waals surface area contributed by atoms with Gasteiger partial charge in [-0.15, -0.1) is 0 Å². The van der Waals surface area contributed by atoms with Crippen molar-refractivity contribution in [2.24, 2.45) is 0 Å². The molecule has 1 aromatic rings. The Morgan fingerprint density at radius 3 is 2.48 bits per heavy atom. The second kappa shape index (κ2) is 8.61. The molecule has 1 heterocycles. The molecule has 0 aliphatic rings. The molecule has 1 aromatic heterocycles. The Bertz CT molecular complexity index is 470. The van der Waals surface area contributed by atoms with Crippen LogP contribution in [0.3, 0.4) is 0 Å². The Morgan fingerprint density at radius 1 is 1.19 bits per heavy atom.